The van der Waals surface area contributed by atoms with Crippen molar-refractivity contribution in [3.8, 4) is 0 Å². The van der Waals surface area contributed by atoms with Gasteiger partial charge in [-0.2, -0.15) is 0 Å². The summed E-state index contributed by atoms with van der Waals surface area (Å²) in [5.41, 5.74) is 3.00. The molecule has 0 bridgehead atoms. The molecule has 3 nitrogen and oxygen atoms in total. The molecule has 1 aromatic heterocycles. The Kier molecular flexibility index (Phi) is 6.35. The molecular formula is C23H38N2O. The van der Waals surface area contributed by atoms with Crippen LogP contribution in [0.25, 0.3) is 0 Å². The van der Waals surface area contributed by atoms with Gasteiger partial charge < -0.3 is 9.72 Å². The first kappa shape index (κ1) is 18.5. The van der Waals surface area contributed by atoms with Gasteiger partial charge in [-0.1, -0.05) is 51.4 Å². The van der Waals surface area contributed by atoms with Gasteiger partial charge in [0.2, 0.25) is 0 Å². The fraction of sp³-hybridized carbons (Fsp3) is 0.870. The van der Waals surface area contributed by atoms with Crippen LogP contribution in [0.15, 0.2) is 0 Å². The number of imidazole rings is 1. The second kappa shape index (κ2) is 8.91. The van der Waals surface area contributed by atoms with Gasteiger partial charge in [0.15, 0.2) is 0 Å². The number of rotatable bonds is 5. The molecule has 1 aromatic rings. The number of aromatic nitrogens is 2. The Balaban J connectivity index is 1.63. The molecule has 26 heavy (non-hydrogen) atoms. The number of aromatic amines is 1. The molecule has 1 N–H and O–H groups in total. The molecule has 146 valence electrons. The van der Waals surface area contributed by atoms with E-state index in [2.05, 4.69) is 11.9 Å². The number of nitrogens with one attached hydrogen (secondary N) is 1. The van der Waals surface area contributed by atoms with E-state index >= 15 is 0 Å². The van der Waals surface area contributed by atoms with E-state index in [0.717, 1.165) is 12.5 Å². The summed E-state index contributed by atoms with van der Waals surface area (Å²) in [6.07, 6.45) is 19.3. The summed E-state index contributed by atoms with van der Waals surface area (Å²) in [4.78, 5) is 9.25. The minimum atomic E-state index is 0.373. The van der Waals surface area contributed by atoms with Crippen molar-refractivity contribution in [1.29, 1.82) is 0 Å². The van der Waals surface area contributed by atoms with Gasteiger partial charge in [-0.25, -0.2) is 4.98 Å². The van der Waals surface area contributed by atoms with Crippen LogP contribution in [0.3, 0.4) is 0 Å². The summed E-state index contributed by atoms with van der Waals surface area (Å²) in [6.45, 7) is 2.96. The Morgan fingerprint density at radius 2 is 1.42 bits per heavy atom. The molecule has 0 spiro atoms. The van der Waals surface area contributed by atoms with Crippen molar-refractivity contribution in [3.63, 3.8) is 0 Å². The first-order chi connectivity index (χ1) is 12.9. The lowest BCUT2D eigenvalue weighted by molar-refractivity contribution is 0.0187. The summed E-state index contributed by atoms with van der Waals surface area (Å²) in [5.74, 6) is 3.20. The molecule has 3 aliphatic carbocycles. The van der Waals surface area contributed by atoms with Crippen molar-refractivity contribution in [3.05, 3.63) is 17.2 Å². The second-order valence-electron chi connectivity index (χ2n) is 8.98. The van der Waals surface area contributed by atoms with Crippen LogP contribution in [0.4, 0.5) is 0 Å². The van der Waals surface area contributed by atoms with Crippen molar-refractivity contribution in [2.75, 3.05) is 6.61 Å². The fourth-order valence-electron chi connectivity index (χ4n) is 5.81. The van der Waals surface area contributed by atoms with Crippen molar-refractivity contribution in [2.45, 2.75) is 121 Å². The van der Waals surface area contributed by atoms with E-state index in [0.29, 0.717) is 17.9 Å². The third-order valence-electron chi connectivity index (χ3n) is 7.22. The summed E-state index contributed by atoms with van der Waals surface area (Å²) >= 11 is 0. The Bertz CT molecular complexity index is 517. The second-order valence-corrected chi connectivity index (χ2v) is 8.98. The van der Waals surface area contributed by atoms with Crippen LogP contribution < -0.4 is 0 Å². The topological polar surface area (TPSA) is 37.9 Å². The maximum Gasteiger partial charge on any atom is 0.112 e. The summed E-state index contributed by atoms with van der Waals surface area (Å²) in [5, 5.41) is 0. The molecule has 2 atom stereocenters. The van der Waals surface area contributed by atoms with Crippen LogP contribution in [0.5, 0.6) is 0 Å². The highest BCUT2D eigenvalue weighted by Gasteiger charge is 2.33. The third-order valence-corrected chi connectivity index (χ3v) is 7.22. The average molecular weight is 359 g/mol. The molecule has 1 heterocycles. The van der Waals surface area contributed by atoms with Crippen LogP contribution in [0.1, 0.15) is 132 Å². The van der Waals surface area contributed by atoms with Crippen molar-refractivity contribution in [2.24, 2.45) is 0 Å². The van der Waals surface area contributed by atoms with Crippen molar-refractivity contribution >= 4 is 0 Å². The monoisotopic (exact) mass is 358 g/mol. The van der Waals surface area contributed by atoms with E-state index in [1.807, 2.05) is 0 Å². The lowest BCUT2D eigenvalue weighted by atomic mass is 9.81. The molecule has 0 aliphatic heterocycles. The van der Waals surface area contributed by atoms with Gasteiger partial charge in [0.25, 0.3) is 0 Å². The number of nitrogens with zero attached hydrogens (tertiary/aromatic N) is 1. The zero-order valence-corrected chi connectivity index (χ0v) is 16.8. The van der Waals surface area contributed by atoms with Gasteiger partial charge in [0, 0.05) is 30.1 Å². The smallest absolute Gasteiger partial charge is 0.112 e. The Hall–Kier alpha value is -0.830. The lowest BCUT2D eigenvalue weighted by Gasteiger charge is -2.30. The number of H-pyrrole nitrogens is 1. The van der Waals surface area contributed by atoms with E-state index in [-0.39, 0.29) is 0 Å². The normalized spacial score (nSPS) is 29.1. The molecule has 3 fully saturated rings. The number of hydrogen-bond acceptors (Lipinski definition) is 2. The van der Waals surface area contributed by atoms with E-state index in [1.54, 1.807) is 0 Å². The van der Waals surface area contributed by atoms with Crippen LogP contribution in [-0.4, -0.2) is 22.7 Å². The standard InChI is InChI=1S/C23H38N2O/c1-2-26-20-16-10-9-15-19(20)23-24-21(17-11-5-3-6-12-17)22(25-23)18-13-7-4-8-14-18/h17-20H,2-16H2,1H3,(H,24,25). The van der Waals surface area contributed by atoms with Crippen LogP contribution in [0.2, 0.25) is 0 Å². The zero-order chi connectivity index (χ0) is 17.8. The van der Waals surface area contributed by atoms with Gasteiger partial charge in [0.1, 0.15) is 5.82 Å². The minimum Gasteiger partial charge on any atom is -0.378 e. The summed E-state index contributed by atoms with van der Waals surface area (Å²) in [7, 11) is 0. The molecule has 3 heteroatoms. The quantitative estimate of drug-likeness (QED) is 0.646. The van der Waals surface area contributed by atoms with Crippen LogP contribution >= 0.6 is 0 Å². The third kappa shape index (κ3) is 4.03. The fourth-order valence-corrected chi connectivity index (χ4v) is 5.81. The van der Waals surface area contributed by atoms with Gasteiger partial charge in [0.05, 0.1) is 11.8 Å². The minimum absolute atomic E-state index is 0.373. The lowest BCUT2D eigenvalue weighted by Crippen LogP contribution is -2.27. The molecule has 2 unspecified atom stereocenters. The van der Waals surface area contributed by atoms with E-state index in [1.165, 1.54) is 107 Å². The molecule has 3 aliphatic rings. The van der Waals surface area contributed by atoms with Crippen LogP contribution in [-0.2, 0) is 4.74 Å². The van der Waals surface area contributed by atoms with Gasteiger partial charge in [-0.05, 0) is 45.4 Å². The molecule has 0 amide bonds. The predicted octanol–water partition coefficient (Wildman–Crippen LogP) is 6.57. The van der Waals surface area contributed by atoms with Gasteiger partial charge >= 0.3 is 0 Å². The first-order valence-corrected chi connectivity index (χ1v) is 11.6. The first-order valence-electron chi connectivity index (χ1n) is 11.6. The molecule has 0 radical (unpaired) electrons. The van der Waals surface area contributed by atoms with Crippen molar-refractivity contribution < 1.29 is 4.74 Å². The highest BCUT2D eigenvalue weighted by Crippen LogP contribution is 2.42. The van der Waals surface area contributed by atoms with Gasteiger partial charge in [-0.15, -0.1) is 0 Å². The molecule has 0 saturated heterocycles. The van der Waals surface area contributed by atoms with E-state index in [4.69, 9.17) is 9.72 Å². The van der Waals surface area contributed by atoms with E-state index in [9.17, 15) is 0 Å². The number of ether oxygens (including phenoxy) is 1. The largest absolute Gasteiger partial charge is 0.378 e. The van der Waals surface area contributed by atoms with Crippen molar-refractivity contribution in [1.82, 2.24) is 9.97 Å². The molecule has 0 aromatic carbocycles. The highest BCUT2D eigenvalue weighted by atomic mass is 16.5. The summed E-state index contributed by atoms with van der Waals surface area (Å²) < 4.78 is 6.13. The Morgan fingerprint density at radius 3 is 2.12 bits per heavy atom. The maximum absolute atomic E-state index is 6.13. The highest BCUT2D eigenvalue weighted by molar-refractivity contribution is 5.26. The van der Waals surface area contributed by atoms with Gasteiger partial charge in [-0.3, -0.25) is 0 Å². The maximum atomic E-state index is 6.13. The zero-order valence-electron chi connectivity index (χ0n) is 16.8. The van der Waals surface area contributed by atoms with E-state index < -0.39 is 0 Å². The molecule has 4 rings (SSSR count). The average Bonchev–Trinajstić information content (AvgIpc) is 3.15. The molecular weight excluding hydrogens is 320 g/mol. The predicted molar refractivity (Wildman–Crippen MR) is 107 cm³/mol. The Labute approximate surface area is 159 Å². The number of hydrogen-bond donors (Lipinski definition) is 1. The summed E-state index contributed by atoms with van der Waals surface area (Å²) in [6, 6.07) is 0. The van der Waals surface area contributed by atoms with Crippen LogP contribution in [0, 0.1) is 0 Å². The Morgan fingerprint density at radius 1 is 0.808 bits per heavy atom. The SMILES string of the molecule is CCOC1CCCCC1c1nc(C2CCCCC2)c(C2CCCCC2)[nH]1. The molecule has 3 saturated carbocycles.